The third-order valence-electron chi connectivity index (χ3n) is 4.85. The van der Waals surface area contributed by atoms with Crippen molar-refractivity contribution in [2.75, 3.05) is 6.61 Å². The first-order valence-electron chi connectivity index (χ1n) is 9.14. The first kappa shape index (κ1) is 18.7. The second-order valence-corrected chi connectivity index (χ2v) is 7.17. The van der Waals surface area contributed by atoms with Crippen LogP contribution in [0.4, 0.5) is 0 Å². The van der Waals surface area contributed by atoms with E-state index < -0.39 is 5.91 Å². The Kier molecular flexibility index (Phi) is 4.58. The second kappa shape index (κ2) is 7.09. The van der Waals surface area contributed by atoms with Crippen molar-refractivity contribution in [2.45, 2.75) is 26.2 Å². The molecule has 2 aliphatic heterocycles. The molecule has 2 aliphatic rings. The van der Waals surface area contributed by atoms with Crippen LogP contribution in [0.5, 0.6) is 17.2 Å². The zero-order chi connectivity index (χ0) is 20.7. The Labute approximate surface area is 167 Å². The summed E-state index contributed by atoms with van der Waals surface area (Å²) in [4.78, 5) is 35.9. The van der Waals surface area contributed by atoms with Crippen molar-refractivity contribution >= 4 is 17.7 Å². The molecule has 1 atom stereocenters. The van der Waals surface area contributed by atoms with Crippen molar-refractivity contribution in [3.05, 3.63) is 64.4 Å². The molecule has 2 aromatic rings. The molecule has 2 heterocycles. The third-order valence-corrected chi connectivity index (χ3v) is 4.85. The summed E-state index contributed by atoms with van der Waals surface area (Å²) in [6, 6.07) is 10.3. The minimum absolute atomic E-state index is 0.0877. The van der Waals surface area contributed by atoms with E-state index >= 15 is 0 Å². The molecule has 0 unspecified atom stereocenters. The Hall–Kier alpha value is -3.61. The number of carbonyl (C=O) groups excluding carboxylic acids is 3. The molecule has 0 bridgehead atoms. The Morgan fingerprint density at radius 2 is 1.97 bits per heavy atom. The fourth-order valence-corrected chi connectivity index (χ4v) is 3.58. The number of nitrogens with two attached hydrogens (primary N) is 1. The van der Waals surface area contributed by atoms with Gasteiger partial charge < -0.3 is 19.9 Å². The third kappa shape index (κ3) is 3.35. The van der Waals surface area contributed by atoms with Crippen LogP contribution in [0.2, 0.25) is 0 Å². The number of fused-ring (bicyclic) bond motifs is 3. The van der Waals surface area contributed by atoms with E-state index in [1.807, 2.05) is 19.9 Å². The Bertz CT molecular complexity index is 1080. The highest BCUT2D eigenvalue weighted by Gasteiger charge is 2.38. The summed E-state index contributed by atoms with van der Waals surface area (Å²) >= 11 is 0. The van der Waals surface area contributed by atoms with E-state index in [9.17, 15) is 14.4 Å². The minimum atomic E-state index is -0.582. The molecule has 1 amide bonds. The lowest BCUT2D eigenvalue weighted by atomic mass is 9.84. The molecular weight excluding hydrogens is 374 g/mol. The van der Waals surface area contributed by atoms with Gasteiger partial charge in [0.15, 0.2) is 12.4 Å². The van der Waals surface area contributed by atoms with E-state index in [-0.39, 0.29) is 30.7 Å². The zero-order valence-electron chi connectivity index (χ0n) is 16.0. The van der Waals surface area contributed by atoms with Gasteiger partial charge >= 0.3 is 5.97 Å². The predicted octanol–water partition coefficient (Wildman–Crippen LogP) is 2.86. The quantitative estimate of drug-likeness (QED) is 0.487. The number of Topliss-reactive ketones (excluding diaryl/α,β-unsaturated/α-hetero) is 1. The van der Waals surface area contributed by atoms with Crippen LogP contribution in [-0.4, -0.2) is 24.3 Å². The molecule has 7 heteroatoms. The smallest absolute Gasteiger partial charge is 0.312 e. The Morgan fingerprint density at radius 3 is 2.69 bits per heavy atom. The summed E-state index contributed by atoms with van der Waals surface area (Å²) in [5.74, 6) is 0.0122. The molecule has 0 fully saturated rings. The molecule has 0 spiro atoms. The summed E-state index contributed by atoms with van der Waals surface area (Å²) in [6.07, 6.45) is 0.0877. The monoisotopic (exact) mass is 393 g/mol. The van der Waals surface area contributed by atoms with Crippen molar-refractivity contribution < 1.29 is 28.6 Å². The van der Waals surface area contributed by atoms with Crippen LogP contribution in [0.15, 0.2) is 47.7 Å². The molecule has 148 valence electrons. The first-order valence-corrected chi connectivity index (χ1v) is 9.14. The summed E-state index contributed by atoms with van der Waals surface area (Å²) in [5, 5.41) is 0. The van der Waals surface area contributed by atoms with Gasteiger partial charge in [0.1, 0.15) is 17.2 Å². The van der Waals surface area contributed by atoms with E-state index in [1.54, 1.807) is 30.3 Å². The molecule has 0 aromatic heterocycles. The highest BCUT2D eigenvalue weighted by molar-refractivity contribution is 6.13. The number of hydrogen-bond donors (Lipinski definition) is 1. The standard InChI is InChI=1S/C22H19NO6/c1-11(2)21-20(26)14-6-7-16-19(22(14)29-21)15(9-18(25)28-16)12-4-3-5-13(8-12)27-10-17(23)24/h3-8,15H,9-10H2,1-2H3,(H2,23,24)/t15-/m1/s1. The van der Waals surface area contributed by atoms with Crippen molar-refractivity contribution in [2.24, 2.45) is 5.73 Å². The number of carbonyl (C=O) groups is 3. The van der Waals surface area contributed by atoms with Gasteiger partial charge in [-0.15, -0.1) is 0 Å². The van der Waals surface area contributed by atoms with Gasteiger partial charge in [-0.05, 0) is 49.2 Å². The molecule has 0 radical (unpaired) electrons. The van der Waals surface area contributed by atoms with Gasteiger partial charge in [0.2, 0.25) is 5.78 Å². The van der Waals surface area contributed by atoms with Crippen LogP contribution in [-0.2, 0) is 9.59 Å². The maximum Gasteiger partial charge on any atom is 0.312 e. The van der Waals surface area contributed by atoms with Gasteiger partial charge in [0, 0.05) is 11.5 Å². The van der Waals surface area contributed by atoms with E-state index in [4.69, 9.17) is 19.9 Å². The van der Waals surface area contributed by atoms with E-state index in [2.05, 4.69) is 0 Å². The number of primary amides is 1. The normalized spacial score (nSPS) is 17.2. The van der Waals surface area contributed by atoms with Crippen LogP contribution < -0.4 is 19.9 Å². The van der Waals surface area contributed by atoms with Crippen LogP contribution in [0.3, 0.4) is 0 Å². The molecule has 4 rings (SSSR count). The lowest BCUT2D eigenvalue weighted by Gasteiger charge is -2.26. The van der Waals surface area contributed by atoms with E-state index in [0.717, 1.165) is 11.1 Å². The fraction of sp³-hybridized carbons (Fsp3) is 0.227. The zero-order valence-corrected chi connectivity index (χ0v) is 16.0. The first-order chi connectivity index (χ1) is 13.8. The molecule has 0 saturated carbocycles. The van der Waals surface area contributed by atoms with Crippen LogP contribution in [0.1, 0.15) is 47.7 Å². The summed E-state index contributed by atoms with van der Waals surface area (Å²) in [5.41, 5.74) is 7.78. The SMILES string of the molecule is CC(C)=C1Oc2c(ccc3c2[C@@H](c2cccc(OCC(N)=O)c2)CC(=O)O3)C1=O. The maximum atomic E-state index is 12.7. The lowest BCUT2D eigenvalue weighted by molar-refractivity contribution is -0.135. The number of benzene rings is 2. The molecule has 0 saturated heterocycles. The van der Waals surface area contributed by atoms with Gasteiger partial charge in [0.25, 0.3) is 5.91 Å². The largest absolute Gasteiger partial charge is 0.484 e. The second-order valence-electron chi connectivity index (χ2n) is 7.17. The lowest BCUT2D eigenvalue weighted by Crippen LogP contribution is -2.22. The Balaban J connectivity index is 1.81. The number of rotatable bonds is 4. The van der Waals surface area contributed by atoms with Gasteiger partial charge in [-0.25, -0.2) is 0 Å². The molecule has 29 heavy (non-hydrogen) atoms. The summed E-state index contributed by atoms with van der Waals surface area (Å²) in [7, 11) is 0. The molecule has 0 aliphatic carbocycles. The van der Waals surface area contributed by atoms with Crippen molar-refractivity contribution in [3.8, 4) is 17.2 Å². The average molecular weight is 393 g/mol. The highest BCUT2D eigenvalue weighted by Crippen LogP contribution is 2.49. The molecule has 2 aromatic carbocycles. The van der Waals surface area contributed by atoms with Crippen LogP contribution in [0, 0.1) is 0 Å². The van der Waals surface area contributed by atoms with Crippen molar-refractivity contribution in [3.63, 3.8) is 0 Å². The molecule has 2 N–H and O–H groups in total. The maximum absolute atomic E-state index is 12.7. The summed E-state index contributed by atoms with van der Waals surface area (Å²) in [6.45, 7) is 3.37. The van der Waals surface area contributed by atoms with Crippen LogP contribution in [0.25, 0.3) is 0 Å². The number of hydrogen-bond acceptors (Lipinski definition) is 6. The molecular formula is C22H19NO6. The average Bonchev–Trinajstić information content (AvgIpc) is 3.03. The van der Waals surface area contributed by atoms with Gasteiger partial charge in [-0.3, -0.25) is 14.4 Å². The predicted molar refractivity (Wildman–Crippen MR) is 103 cm³/mol. The highest BCUT2D eigenvalue weighted by atomic mass is 16.5. The number of ketones is 1. The van der Waals surface area contributed by atoms with Crippen molar-refractivity contribution in [1.82, 2.24) is 0 Å². The Morgan fingerprint density at radius 1 is 1.17 bits per heavy atom. The molecule has 7 nitrogen and oxygen atoms in total. The number of ether oxygens (including phenoxy) is 3. The van der Waals surface area contributed by atoms with Gasteiger partial charge in [0.05, 0.1) is 12.0 Å². The number of esters is 1. The van der Waals surface area contributed by atoms with Crippen molar-refractivity contribution in [1.29, 1.82) is 0 Å². The van der Waals surface area contributed by atoms with Gasteiger partial charge in [-0.2, -0.15) is 0 Å². The van der Waals surface area contributed by atoms with E-state index in [0.29, 0.717) is 34.1 Å². The van der Waals surface area contributed by atoms with Gasteiger partial charge in [-0.1, -0.05) is 12.1 Å². The number of allylic oxidation sites excluding steroid dienone is 2. The minimum Gasteiger partial charge on any atom is -0.484 e. The van der Waals surface area contributed by atoms with E-state index in [1.165, 1.54) is 0 Å². The number of amides is 1. The van der Waals surface area contributed by atoms with Crippen LogP contribution >= 0.6 is 0 Å². The topological polar surface area (TPSA) is 105 Å². The fourth-order valence-electron chi connectivity index (χ4n) is 3.58. The summed E-state index contributed by atoms with van der Waals surface area (Å²) < 4.78 is 16.7.